The van der Waals surface area contributed by atoms with E-state index in [2.05, 4.69) is 69.7 Å². The molecule has 0 aliphatic heterocycles. The van der Waals surface area contributed by atoms with E-state index in [-0.39, 0.29) is 5.91 Å². The van der Waals surface area contributed by atoms with E-state index in [0.717, 1.165) is 31.4 Å². The molecule has 166 valence electrons. The topological polar surface area (TPSA) is 66.0 Å². The van der Waals surface area contributed by atoms with Crippen LogP contribution < -0.4 is 15.4 Å². The molecule has 1 amide bonds. The van der Waals surface area contributed by atoms with Gasteiger partial charge in [-0.3, -0.25) is 9.52 Å². The molecule has 1 aliphatic carbocycles. The second kappa shape index (κ2) is 10.7. The Hall–Kier alpha value is -2.83. The van der Waals surface area contributed by atoms with Gasteiger partial charge in [0.25, 0.3) is 5.91 Å². The molecule has 2 aromatic carbocycles. The fourth-order valence-corrected chi connectivity index (χ4v) is 4.69. The molecule has 4 rings (SSSR count). The summed E-state index contributed by atoms with van der Waals surface area (Å²) in [5.41, 5.74) is 5.53. The van der Waals surface area contributed by atoms with Crippen LogP contribution in [0, 0.1) is 0 Å². The maximum Gasteiger partial charge on any atom is 0.255 e. The first kappa shape index (κ1) is 22.4. The van der Waals surface area contributed by atoms with E-state index < -0.39 is 0 Å². The lowest BCUT2D eigenvalue weighted by molar-refractivity contribution is 0.0954. The first-order chi connectivity index (χ1) is 15.7. The van der Waals surface area contributed by atoms with Gasteiger partial charge in [0.1, 0.15) is 5.82 Å². The average Bonchev–Trinajstić information content (AvgIpc) is 3.24. The summed E-state index contributed by atoms with van der Waals surface area (Å²) in [6, 6.07) is 19.1. The fourth-order valence-electron chi connectivity index (χ4n) is 3.89. The summed E-state index contributed by atoms with van der Waals surface area (Å²) < 4.78 is 3.64. The zero-order chi connectivity index (χ0) is 22.3. The number of benzene rings is 2. The van der Waals surface area contributed by atoms with Crippen molar-refractivity contribution in [2.45, 2.75) is 50.5 Å². The van der Waals surface area contributed by atoms with E-state index >= 15 is 0 Å². The third-order valence-electron chi connectivity index (χ3n) is 5.72. The Morgan fingerprint density at radius 2 is 1.97 bits per heavy atom. The number of nitrogens with zero attached hydrogens (tertiary/aromatic N) is 1. The van der Waals surface area contributed by atoms with Crippen molar-refractivity contribution in [1.82, 2.24) is 15.0 Å². The molecular weight excluding hydrogens is 416 g/mol. The van der Waals surface area contributed by atoms with E-state index in [9.17, 15) is 4.79 Å². The molecule has 1 aromatic heterocycles. The molecule has 0 fully saturated rings. The third kappa shape index (κ3) is 5.31. The lowest BCUT2D eigenvalue weighted by atomic mass is 10.1. The van der Waals surface area contributed by atoms with Crippen LogP contribution in [-0.2, 0) is 12.8 Å². The van der Waals surface area contributed by atoms with Crippen molar-refractivity contribution in [3.8, 4) is 0 Å². The molecule has 1 unspecified atom stereocenters. The van der Waals surface area contributed by atoms with Crippen LogP contribution in [0.2, 0.25) is 0 Å². The number of anilines is 2. The quantitative estimate of drug-likeness (QED) is 0.362. The highest BCUT2D eigenvalue weighted by Gasteiger charge is 2.23. The Balaban J connectivity index is 1.46. The number of fused-ring (bicyclic) bond motifs is 1. The van der Waals surface area contributed by atoms with Crippen molar-refractivity contribution in [3.63, 3.8) is 0 Å². The van der Waals surface area contributed by atoms with Crippen molar-refractivity contribution in [2.75, 3.05) is 11.9 Å². The van der Waals surface area contributed by atoms with E-state index in [0.29, 0.717) is 24.0 Å². The van der Waals surface area contributed by atoms with E-state index in [1.165, 1.54) is 21.6 Å². The average molecular weight is 447 g/mol. The molecule has 0 radical (unpaired) electrons. The first-order valence-corrected chi connectivity index (χ1v) is 12.1. The minimum absolute atomic E-state index is 0.103. The normalized spacial score (nSPS) is 14.8. The smallest absolute Gasteiger partial charge is 0.255 e. The van der Waals surface area contributed by atoms with Gasteiger partial charge in [0, 0.05) is 29.4 Å². The zero-order valence-electron chi connectivity index (χ0n) is 18.7. The Labute approximate surface area is 194 Å². The second-order valence-electron chi connectivity index (χ2n) is 8.00. The summed E-state index contributed by atoms with van der Waals surface area (Å²) >= 11 is 1.69. The van der Waals surface area contributed by atoms with Gasteiger partial charge in [-0.2, -0.15) is 0 Å². The van der Waals surface area contributed by atoms with Gasteiger partial charge in [0.05, 0.1) is 5.56 Å². The number of amides is 1. The number of carbonyl (C=O) groups excluding carboxylic acids is 1. The lowest BCUT2D eigenvalue weighted by Crippen LogP contribution is -2.25. The van der Waals surface area contributed by atoms with Crippen molar-refractivity contribution < 1.29 is 4.79 Å². The molecule has 0 saturated carbocycles. The predicted molar refractivity (Wildman–Crippen MR) is 132 cm³/mol. The molecular formula is C26H30N4OS. The van der Waals surface area contributed by atoms with Crippen LogP contribution in [0.4, 0.5) is 11.5 Å². The zero-order valence-corrected chi connectivity index (χ0v) is 19.5. The molecule has 1 heterocycles. The molecule has 3 aromatic rings. The van der Waals surface area contributed by atoms with Crippen molar-refractivity contribution in [1.29, 1.82) is 0 Å². The maximum atomic E-state index is 12.5. The van der Waals surface area contributed by atoms with Crippen LogP contribution in [-0.4, -0.2) is 17.4 Å². The number of pyridine rings is 1. The Bertz CT molecular complexity index is 1070. The fraction of sp³-hybridized carbons (Fsp3) is 0.308. The van der Waals surface area contributed by atoms with Crippen LogP contribution >= 0.6 is 11.9 Å². The van der Waals surface area contributed by atoms with Crippen LogP contribution in [0.1, 0.15) is 59.8 Å². The second-order valence-corrected chi connectivity index (χ2v) is 8.91. The molecule has 6 heteroatoms. The summed E-state index contributed by atoms with van der Waals surface area (Å²) in [7, 11) is 0. The highest BCUT2D eigenvalue weighted by atomic mass is 32.2. The number of aryl methyl sites for hydroxylation is 2. The summed E-state index contributed by atoms with van der Waals surface area (Å²) in [5, 5.41) is 6.29. The molecule has 32 heavy (non-hydrogen) atoms. The van der Waals surface area contributed by atoms with Gasteiger partial charge in [-0.1, -0.05) is 32.0 Å². The van der Waals surface area contributed by atoms with Gasteiger partial charge in [-0.15, -0.1) is 0 Å². The highest BCUT2D eigenvalue weighted by Crippen LogP contribution is 2.36. The Morgan fingerprint density at radius 1 is 1.12 bits per heavy atom. The lowest BCUT2D eigenvalue weighted by Gasteiger charge is -2.16. The van der Waals surface area contributed by atoms with Crippen molar-refractivity contribution in [2.24, 2.45) is 0 Å². The largest absolute Gasteiger partial charge is 0.352 e. The van der Waals surface area contributed by atoms with Gasteiger partial charge in [-0.05, 0) is 90.7 Å². The standard InChI is InChI=1S/C26H30N4OS/c1-3-15-28-26(31)22-6-5-16-27-25(22)29-20-11-9-19-10-14-24(23(19)17-20)30-32-21-12-7-18(4-2)8-13-21/h5-9,11-13,16-17,24,30H,3-4,10,14-15H2,1-2H3,(H,27,29)(H,28,31). The van der Waals surface area contributed by atoms with E-state index in [1.807, 2.05) is 6.92 Å². The highest BCUT2D eigenvalue weighted by molar-refractivity contribution is 7.97. The summed E-state index contributed by atoms with van der Waals surface area (Å²) in [6.07, 6.45) is 5.80. The van der Waals surface area contributed by atoms with E-state index in [1.54, 1.807) is 30.3 Å². The Kier molecular flexibility index (Phi) is 7.45. The molecule has 3 N–H and O–H groups in total. The molecule has 5 nitrogen and oxygen atoms in total. The SMILES string of the molecule is CCCNC(=O)c1cccnc1Nc1ccc2c(c1)C(NSc1ccc(CC)cc1)CC2. The molecule has 0 spiro atoms. The predicted octanol–water partition coefficient (Wildman–Crippen LogP) is 5.81. The number of hydrogen-bond donors (Lipinski definition) is 3. The maximum absolute atomic E-state index is 12.5. The number of nitrogens with one attached hydrogen (secondary N) is 3. The van der Waals surface area contributed by atoms with Crippen LogP contribution in [0.3, 0.4) is 0 Å². The van der Waals surface area contributed by atoms with Crippen molar-refractivity contribution >= 4 is 29.4 Å². The van der Waals surface area contributed by atoms with E-state index in [4.69, 9.17) is 0 Å². The molecule has 0 bridgehead atoms. The van der Waals surface area contributed by atoms with Gasteiger partial charge in [-0.25, -0.2) is 4.98 Å². The van der Waals surface area contributed by atoms with Gasteiger partial charge < -0.3 is 10.6 Å². The molecule has 1 aliphatic rings. The van der Waals surface area contributed by atoms with Gasteiger partial charge in [0.15, 0.2) is 0 Å². The van der Waals surface area contributed by atoms with Crippen LogP contribution in [0.25, 0.3) is 0 Å². The minimum atomic E-state index is -0.103. The van der Waals surface area contributed by atoms with Crippen LogP contribution in [0.5, 0.6) is 0 Å². The Morgan fingerprint density at radius 3 is 2.75 bits per heavy atom. The number of rotatable bonds is 9. The number of aromatic nitrogens is 1. The van der Waals surface area contributed by atoms with Crippen molar-refractivity contribution in [3.05, 3.63) is 83.0 Å². The first-order valence-electron chi connectivity index (χ1n) is 11.3. The number of hydrogen-bond acceptors (Lipinski definition) is 5. The van der Waals surface area contributed by atoms with Crippen LogP contribution in [0.15, 0.2) is 65.7 Å². The third-order valence-corrected chi connectivity index (χ3v) is 6.64. The minimum Gasteiger partial charge on any atom is -0.352 e. The molecule has 0 saturated heterocycles. The summed E-state index contributed by atoms with van der Waals surface area (Å²) in [5.74, 6) is 0.475. The summed E-state index contributed by atoms with van der Waals surface area (Å²) in [6.45, 7) is 4.86. The van der Waals surface area contributed by atoms with Gasteiger partial charge in [0.2, 0.25) is 0 Å². The van der Waals surface area contributed by atoms with Gasteiger partial charge >= 0.3 is 0 Å². The summed E-state index contributed by atoms with van der Waals surface area (Å²) in [4.78, 5) is 18.1. The molecule has 1 atom stereocenters. The number of carbonyl (C=O) groups is 1. The monoisotopic (exact) mass is 446 g/mol.